The van der Waals surface area contributed by atoms with Crippen LogP contribution in [-0.2, 0) is 14.9 Å². The van der Waals surface area contributed by atoms with Crippen molar-refractivity contribution in [3.8, 4) is 5.75 Å². The van der Waals surface area contributed by atoms with Crippen molar-refractivity contribution in [2.45, 2.75) is 31.1 Å². The van der Waals surface area contributed by atoms with Gasteiger partial charge in [0.15, 0.2) is 0 Å². The van der Waals surface area contributed by atoms with Gasteiger partial charge in [-0.2, -0.15) is 0 Å². The molecule has 3 rings (SSSR count). The van der Waals surface area contributed by atoms with E-state index < -0.39 is 0 Å². The molecule has 0 atom stereocenters. The maximum absolute atomic E-state index is 12.9. The number of hydrogen-bond donors (Lipinski definition) is 1. The van der Waals surface area contributed by atoms with Crippen LogP contribution >= 0.6 is 0 Å². The van der Waals surface area contributed by atoms with E-state index in [0.717, 1.165) is 26.1 Å². The lowest BCUT2D eigenvalue weighted by atomic mass is 9.74. The van der Waals surface area contributed by atoms with E-state index in [2.05, 4.69) is 17.4 Å². The van der Waals surface area contributed by atoms with Crippen molar-refractivity contribution in [2.75, 3.05) is 26.4 Å². The van der Waals surface area contributed by atoms with Crippen LogP contribution in [0.15, 0.2) is 54.6 Å². The molecule has 0 saturated carbocycles. The molecule has 2 aromatic rings. The van der Waals surface area contributed by atoms with Crippen molar-refractivity contribution < 1.29 is 18.7 Å². The number of halogens is 1. The molecule has 0 radical (unpaired) electrons. The first-order valence-corrected chi connectivity index (χ1v) is 9.46. The third kappa shape index (κ3) is 5.54. The quantitative estimate of drug-likeness (QED) is 0.717. The smallest absolute Gasteiger partial charge is 0.220 e. The second-order valence-corrected chi connectivity index (χ2v) is 6.94. The van der Waals surface area contributed by atoms with Crippen LogP contribution in [0.1, 0.15) is 31.2 Å². The SMILES string of the molecule is O=C(CCCOc1ccc(F)cc1)NCC1(c2ccccc2)CCOCC1. The van der Waals surface area contributed by atoms with E-state index in [1.54, 1.807) is 12.1 Å². The van der Waals surface area contributed by atoms with Gasteiger partial charge in [-0.1, -0.05) is 30.3 Å². The topological polar surface area (TPSA) is 47.6 Å². The minimum Gasteiger partial charge on any atom is -0.494 e. The first-order chi connectivity index (χ1) is 13.2. The van der Waals surface area contributed by atoms with Gasteiger partial charge in [-0.05, 0) is 49.1 Å². The van der Waals surface area contributed by atoms with Gasteiger partial charge in [-0.3, -0.25) is 4.79 Å². The predicted molar refractivity (Wildman–Crippen MR) is 102 cm³/mol. The molecule has 0 aromatic heterocycles. The lowest BCUT2D eigenvalue weighted by Gasteiger charge is -2.38. The second kappa shape index (κ2) is 9.51. The third-order valence-corrected chi connectivity index (χ3v) is 5.09. The summed E-state index contributed by atoms with van der Waals surface area (Å²) in [6.07, 6.45) is 2.84. The molecule has 1 amide bonds. The number of carbonyl (C=O) groups is 1. The molecule has 2 aromatic carbocycles. The standard InChI is InChI=1S/C22H26FNO3/c23-19-8-10-20(11-9-19)27-14-4-7-21(25)24-17-22(12-15-26-16-13-22)18-5-2-1-3-6-18/h1-3,5-6,8-11H,4,7,12-17H2,(H,24,25). The van der Waals surface area contributed by atoms with E-state index >= 15 is 0 Å². The summed E-state index contributed by atoms with van der Waals surface area (Å²) < 4.78 is 23.9. The van der Waals surface area contributed by atoms with Crippen LogP contribution in [-0.4, -0.2) is 32.3 Å². The van der Waals surface area contributed by atoms with Crippen molar-refractivity contribution >= 4 is 5.91 Å². The van der Waals surface area contributed by atoms with Crippen molar-refractivity contribution in [1.82, 2.24) is 5.32 Å². The monoisotopic (exact) mass is 371 g/mol. The Hall–Kier alpha value is -2.40. The van der Waals surface area contributed by atoms with E-state index in [-0.39, 0.29) is 17.1 Å². The zero-order valence-electron chi connectivity index (χ0n) is 15.5. The van der Waals surface area contributed by atoms with Gasteiger partial charge in [0.05, 0.1) is 6.61 Å². The van der Waals surface area contributed by atoms with E-state index in [1.807, 2.05) is 18.2 Å². The summed E-state index contributed by atoms with van der Waals surface area (Å²) in [6.45, 7) is 2.49. The largest absolute Gasteiger partial charge is 0.494 e. The number of nitrogens with one attached hydrogen (secondary N) is 1. The van der Waals surface area contributed by atoms with Crippen LogP contribution in [0.3, 0.4) is 0 Å². The molecule has 1 fully saturated rings. The number of benzene rings is 2. The van der Waals surface area contributed by atoms with Crippen molar-refractivity contribution in [2.24, 2.45) is 0 Å². The molecule has 1 aliphatic rings. The summed E-state index contributed by atoms with van der Waals surface area (Å²) in [5.74, 6) is 0.351. The van der Waals surface area contributed by atoms with Crippen molar-refractivity contribution in [1.29, 1.82) is 0 Å². The number of hydrogen-bond acceptors (Lipinski definition) is 3. The zero-order chi connectivity index (χ0) is 19.0. The van der Waals surface area contributed by atoms with Crippen LogP contribution in [0, 0.1) is 5.82 Å². The Morgan fingerprint density at radius 1 is 1.07 bits per heavy atom. The average Bonchev–Trinajstić information content (AvgIpc) is 2.72. The van der Waals surface area contributed by atoms with Crippen LogP contribution in [0.2, 0.25) is 0 Å². The third-order valence-electron chi connectivity index (χ3n) is 5.09. The van der Waals surface area contributed by atoms with E-state index in [1.165, 1.54) is 17.7 Å². The van der Waals surface area contributed by atoms with Gasteiger partial charge >= 0.3 is 0 Å². The van der Waals surface area contributed by atoms with Gasteiger partial charge in [0.2, 0.25) is 5.91 Å². The molecule has 5 heteroatoms. The summed E-state index contributed by atoms with van der Waals surface area (Å²) >= 11 is 0. The molecule has 0 aliphatic carbocycles. The van der Waals surface area contributed by atoms with Gasteiger partial charge in [0.1, 0.15) is 11.6 Å². The molecule has 1 heterocycles. The molecule has 27 heavy (non-hydrogen) atoms. The summed E-state index contributed by atoms with van der Waals surface area (Å²) in [5.41, 5.74) is 1.20. The summed E-state index contributed by atoms with van der Waals surface area (Å²) in [5, 5.41) is 3.10. The lowest BCUT2D eigenvalue weighted by molar-refractivity contribution is -0.121. The summed E-state index contributed by atoms with van der Waals surface area (Å²) in [7, 11) is 0. The van der Waals surface area contributed by atoms with Gasteiger partial charge in [0, 0.05) is 31.6 Å². The highest BCUT2D eigenvalue weighted by atomic mass is 19.1. The second-order valence-electron chi connectivity index (χ2n) is 6.94. The maximum atomic E-state index is 12.9. The van der Waals surface area contributed by atoms with E-state index in [4.69, 9.17) is 9.47 Å². The Balaban J connectivity index is 1.44. The fourth-order valence-electron chi connectivity index (χ4n) is 3.43. The van der Waals surface area contributed by atoms with Gasteiger partial charge < -0.3 is 14.8 Å². The Morgan fingerprint density at radius 3 is 2.48 bits per heavy atom. The Morgan fingerprint density at radius 2 is 1.78 bits per heavy atom. The summed E-state index contributed by atoms with van der Waals surface area (Å²) in [6, 6.07) is 16.3. The van der Waals surface area contributed by atoms with Gasteiger partial charge in [-0.25, -0.2) is 4.39 Å². The van der Waals surface area contributed by atoms with Gasteiger partial charge in [0.25, 0.3) is 0 Å². The minimum absolute atomic E-state index is 0.0273. The first-order valence-electron chi connectivity index (χ1n) is 9.46. The number of ether oxygens (including phenoxy) is 2. The maximum Gasteiger partial charge on any atom is 0.220 e. The average molecular weight is 371 g/mol. The first kappa shape index (κ1) is 19.4. The van der Waals surface area contributed by atoms with E-state index in [0.29, 0.717) is 31.7 Å². The molecule has 0 bridgehead atoms. The fraction of sp³-hybridized carbons (Fsp3) is 0.409. The molecule has 0 spiro atoms. The molecule has 1 saturated heterocycles. The van der Waals surface area contributed by atoms with Crippen LogP contribution < -0.4 is 10.1 Å². The van der Waals surface area contributed by atoms with Crippen molar-refractivity contribution in [3.05, 3.63) is 66.0 Å². The molecule has 144 valence electrons. The van der Waals surface area contributed by atoms with Crippen LogP contribution in [0.4, 0.5) is 4.39 Å². The molecule has 1 aliphatic heterocycles. The summed E-state index contributed by atoms with van der Waals surface area (Å²) in [4.78, 5) is 12.3. The van der Waals surface area contributed by atoms with Crippen LogP contribution in [0.5, 0.6) is 5.75 Å². The van der Waals surface area contributed by atoms with Crippen LogP contribution in [0.25, 0.3) is 0 Å². The molecular formula is C22H26FNO3. The number of rotatable bonds is 8. The Bertz CT molecular complexity index is 712. The molecule has 1 N–H and O–H groups in total. The highest BCUT2D eigenvalue weighted by molar-refractivity contribution is 5.76. The number of carbonyl (C=O) groups excluding carboxylic acids is 1. The van der Waals surface area contributed by atoms with Gasteiger partial charge in [-0.15, -0.1) is 0 Å². The molecule has 0 unspecified atom stereocenters. The lowest BCUT2D eigenvalue weighted by Crippen LogP contribution is -2.44. The molecule has 4 nitrogen and oxygen atoms in total. The zero-order valence-corrected chi connectivity index (χ0v) is 15.5. The van der Waals surface area contributed by atoms with Crippen molar-refractivity contribution in [3.63, 3.8) is 0 Å². The van der Waals surface area contributed by atoms with E-state index in [9.17, 15) is 9.18 Å². The predicted octanol–water partition coefficient (Wildman–Crippen LogP) is 3.85. The minimum atomic E-state index is -0.290. The highest BCUT2D eigenvalue weighted by Gasteiger charge is 2.34. The molecular weight excluding hydrogens is 345 g/mol. The Kier molecular flexibility index (Phi) is 6.82. The number of amides is 1. The highest BCUT2D eigenvalue weighted by Crippen LogP contribution is 2.34. The normalized spacial score (nSPS) is 15.9. The fourth-order valence-corrected chi connectivity index (χ4v) is 3.43. The Labute approximate surface area is 159 Å².